The summed E-state index contributed by atoms with van der Waals surface area (Å²) in [5, 5.41) is 0. The van der Waals surface area contributed by atoms with E-state index in [-0.39, 0.29) is 0 Å². The van der Waals surface area contributed by atoms with Crippen molar-refractivity contribution in [3.63, 3.8) is 0 Å². The van der Waals surface area contributed by atoms with E-state index < -0.39 is 0 Å². The Morgan fingerprint density at radius 3 is 1.04 bits per heavy atom. The van der Waals surface area contributed by atoms with Gasteiger partial charge in [0.05, 0.1) is 0 Å². The molecule has 0 aliphatic carbocycles. The van der Waals surface area contributed by atoms with Crippen LogP contribution in [-0.2, 0) is 0 Å². The lowest BCUT2D eigenvalue weighted by atomic mass is 10.0. The van der Waals surface area contributed by atoms with Crippen LogP contribution in [0, 0.1) is 5.92 Å². The van der Waals surface area contributed by atoms with Gasteiger partial charge in [0.2, 0.25) is 0 Å². The third-order valence-corrected chi connectivity index (χ3v) is 6.07. The van der Waals surface area contributed by atoms with Crippen molar-refractivity contribution in [1.82, 2.24) is 4.90 Å². The summed E-state index contributed by atoms with van der Waals surface area (Å²) < 4.78 is 0. The van der Waals surface area contributed by atoms with Crippen LogP contribution in [0.2, 0.25) is 0 Å². The molecule has 28 heavy (non-hydrogen) atoms. The summed E-state index contributed by atoms with van der Waals surface area (Å²) >= 11 is 0. The molecular weight excluding hydrogens is 338 g/mol. The van der Waals surface area contributed by atoms with Crippen molar-refractivity contribution in [2.24, 2.45) is 5.92 Å². The van der Waals surface area contributed by atoms with E-state index in [1.54, 1.807) is 0 Å². The molecule has 0 atom stereocenters. The van der Waals surface area contributed by atoms with Gasteiger partial charge >= 0.3 is 0 Å². The highest BCUT2D eigenvalue weighted by Gasteiger charge is 2.01. The summed E-state index contributed by atoms with van der Waals surface area (Å²) in [4.78, 5) is 2.50. The monoisotopic (exact) mass is 395 g/mol. The molecule has 0 N–H and O–H groups in total. The van der Waals surface area contributed by atoms with Crippen molar-refractivity contribution in [2.45, 2.75) is 149 Å². The quantitative estimate of drug-likeness (QED) is 0.156. The summed E-state index contributed by atoms with van der Waals surface area (Å²) in [6, 6.07) is 0. The lowest BCUT2D eigenvalue weighted by molar-refractivity contribution is 0.288. The van der Waals surface area contributed by atoms with Gasteiger partial charge in [-0.2, -0.15) is 0 Å². The summed E-state index contributed by atoms with van der Waals surface area (Å²) in [5.41, 5.74) is 0. The average molecular weight is 396 g/mol. The standard InChI is InChI=1S/C27H57N/c1-5-6-7-8-9-10-11-12-13-14-15-16-17-18-19-20-21-22-23-24-25-28(4)26-27(2)3/h27H,5-26H2,1-4H3. The fourth-order valence-electron chi connectivity index (χ4n) is 4.35. The SMILES string of the molecule is CCCCCCCCCCCCCCCCCCCCCCN(C)CC(C)C. The minimum Gasteiger partial charge on any atom is -0.306 e. The Hall–Kier alpha value is -0.0400. The van der Waals surface area contributed by atoms with Gasteiger partial charge in [0, 0.05) is 6.54 Å². The van der Waals surface area contributed by atoms with Gasteiger partial charge in [0.1, 0.15) is 0 Å². The van der Waals surface area contributed by atoms with E-state index in [2.05, 4.69) is 32.7 Å². The predicted molar refractivity (Wildman–Crippen MR) is 130 cm³/mol. The van der Waals surface area contributed by atoms with Gasteiger partial charge in [-0.1, -0.05) is 143 Å². The van der Waals surface area contributed by atoms with Crippen LogP contribution >= 0.6 is 0 Å². The largest absolute Gasteiger partial charge is 0.306 e. The fraction of sp³-hybridized carbons (Fsp3) is 1.00. The summed E-state index contributed by atoms with van der Waals surface area (Å²) in [6.07, 6.45) is 29.3. The Balaban J connectivity index is 3.05. The van der Waals surface area contributed by atoms with E-state index >= 15 is 0 Å². The predicted octanol–water partition coefficient (Wildman–Crippen LogP) is 9.40. The molecule has 0 saturated carbocycles. The average Bonchev–Trinajstić information content (AvgIpc) is 2.66. The molecule has 0 aromatic carbocycles. The Morgan fingerprint density at radius 2 is 0.750 bits per heavy atom. The molecule has 0 aliphatic heterocycles. The molecular formula is C27H57N. The zero-order valence-corrected chi connectivity index (χ0v) is 20.6. The third kappa shape index (κ3) is 24.0. The van der Waals surface area contributed by atoms with Gasteiger partial charge in [-0.15, -0.1) is 0 Å². The van der Waals surface area contributed by atoms with Crippen LogP contribution in [0.15, 0.2) is 0 Å². The molecule has 170 valence electrons. The van der Waals surface area contributed by atoms with E-state index in [0.717, 1.165) is 5.92 Å². The molecule has 1 heteroatoms. The third-order valence-electron chi connectivity index (χ3n) is 6.07. The number of nitrogens with zero attached hydrogens (tertiary/aromatic N) is 1. The molecule has 0 unspecified atom stereocenters. The summed E-state index contributed by atoms with van der Waals surface area (Å²) in [5.74, 6) is 0.801. The van der Waals surface area contributed by atoms with Gasteiger partial charge < -0.3 is 4.90 Å². The molecule has 1 nitrogen and oxygen atoms in total. The van der Waals surface area contributed by atoms with Gasteiger partial charge in [0.15, 0.2) is 0 Å². The molecule has 0 rings (SSSR count). The second-order valence-corrected chi connectivity index (χ2v) is 9.87. The molecule has 0 saturated heterocycles. The van der Waals surface area contributed by atoms with Crippen molar-refractivity contribution in [1.29, 1.82) is 0 Å². The topological polar surface area (TPSA) is 3.24 Å². The first kappa shape index (κ1) is 28.0. The number of hydrogen-bond donors (Lipinski definition) is 0. The van der Waals surface area contributed by atoms with E-state index in [1.807, 2.05) is 0 Å². The van der Waals surface area contributed by atoms with Crippen molar-refractivity contribution >= 4 is 0 Å². The minimum absolute atomic E-state index is 0.801. The van der Waals surface area contributed by atoms with Gasteiger partial charge in [-0.3, -0.25) is 0 Å². The number of unbranched alkanes of at least 4 members (excludes halogenated alkanes) is 19. The van der Waals surface area contributed by atoms with Crippen LogP contribution in [0.25, 0.3) is 0 Å². The maximum absolute atomic E-state index is 2.50. The normalized spacial score (nSPS) is 11.8. The molecule has 0 spiro atoms. The molecule has 0 aromatic rings. The molecule has 0 heterocycles. The van der Waals surface area contributed by atoms with Crippen LogP contribution in [0.5, 0.6) is 0 Å². The van der Waals surface area contributed by atoms with Crippen LogP contribution in [0.1, 0.15) is 149 Å². The van der Waals surface area contributed by atoms with Crippen LogP contribution in [-0.4, -0.2) is 25.0 Å². The van der Waals surface area contributed by atoms with Crippen molar-refractivity contribution in [3.8, 4) is 0 Å². The van der Waals surface area contributed by atoms with Crippen molar-refractivity contribution in [3.05, 3.63) is 0 Å². The lowest BCUT2D eigenvalue weighted by Crippen LogP contribution is -2.24. The fourth-order valence-corrected chi connectivity index (χ4v) is 4.35. The van der Waals surface area contributed by atoms with Crippen molar-refractivity contribution in [2.75, 3.05) is 20.1 Å². The van der Waals surface area contributed by atoms with Crippen molar-refractivity contribution < 1.29 is 0 Å². The molecule has 0 amide bonds. The van der Waals surface area contributed by atoms with Crippen LogP contribution in [0.3, 0.4) is 0 Å². The van der Waals surface area contributed by atoms with E-state index in [9.17, 15) is 0 Å². The minimum atomic E-state index is 0.801. The number of hydrogen-bond acceptors (Lipinski definition) is 1. The summed E-state index contributed by atoms with van der Waals surface area (Å²) in [7, 11) is 2.27. The zero-order valence-electron chi connectivity index (χ0n) is 20.6. The Kier molecular flexibility index (Phi) is 23.2. The van der Waals surface area contributed by atoms with Gasteiger partial charge in [-0.25, -0.2) is 0 Å². The number of rotatable bonds is 23. The second kappa shape index (κ2) is 23.2. The lowest BCUT2D eigenvalue weighted by Gasteiger charge is -2.18. The molecule has 0 aromatic heterocycles. The smallest absolute Gasteiger partial charge is 0.000133 e. The Bertz CT molecular complexity index is 273. The highest BCUT2D eigenvalue weighted by Crippen LogP contribution is 2.14. The van der Waals surface area contributed by atoms with Crippen LogP contribution in [0.4, 0.5) is 0 Å². The summed E-state index contributed by atoms with van der Waals surface area (Å²) in [6.45, 7) is 9.47. The molecule has 0 aliphatic rings. The first-order valence-corrected chi connectivity index (χ1v) is 13.3. The Labute approximate surface area is 180 Å². The maximum atomic E-state index is 2.50. The Morgan fingerprint density at radius 1 is 0.464 bits per heavy atom. The second-order valence-electron chi connectivity index (χ2n) is 9.87. The molecule has 0 bridgehead atoms. The highest BCUT2D eigenvalue weighted by atomic mass is 15.1. The van der Waals surface area contributed by atoms with E-state index in [1.165, 1.54) is 142 Å². The zero-order chi connectivity index (χ0) is 20.7. The van der Waals surface area contributed by atoms with E-state index in [4.69, 9.17) is 0 Å². The molecule has 0 radical (unpaired) electrons. The molecule has 0 fully saturated rings. The van der Waals surface area contributed by atoms with E-state index in [0.29, 0.717) is 0 Å². The van der Waals surface area contributed by atoms with Crippen LogP contribution < -0.4 is 0 Å². The first-order valence-electron chi connectivity index (χ1n) is 13.3. The van der Waals surface area contributed by atoms with Gasteiger partial charge in [0.25, 0.3) is 0 Å². The van der Waals surface area contributed by atoms with Gasteiger partial charge in [-0.05, 0) is 25.9 Å². The first-order chi connectivity index (χ1) is 13.7. The highest BCUT2D eigenvalue weighted by molar-refractivity contribution is 4.56. The maximum Gasteiger partial charge on any atom is 0.000133 e.